The predicted molar refractivity (Wildman–Crippen MR) is 273 cm³/mol. The van der Waals surface area contributed by atoms with Crippen molar-refractivity contribution in [1.82, 2.24) is 13.7 Å². The first kappa shape index (κ1) is 36.5. The van der Waals surface area contributed by atoms with E-state index in [1.165, 1.54) is 86.2 Å². The molecule has 4 heteroatoms. The molecule has 0 atom stereocenters. The van der Waals surface area contributed by atoms with E-state index in [4.69, 9.17) is 0 Å². The molecule has 0 fully saturated rings. The molecule has 0 bridgehead atoms. The van der Waals surface area contributed by atoms with Gasteiger partial charge in [-0.2, -0.15) is 0 Å². The standard InChI is InChI=1S/C60H41N3Si/c1-5-20-42(21-6-1)61-55-33-18-15-30-51(55)60-57(61)34-19-35-58(60)63-56-39-36-43(62-53-31-16-13-28-48(53)49-29-14-17-32-54(49)62)40-52(56)50-38-37-47(41-59(50)63)64(44-22-7-2-8-23-44,45-24-9-3-10-25-45)46-26-11-4-12-27-46/h1-41H. The second-order valence-corrected chi connectivity index (χ2v) is 20.7. The summed E-state index contributed by atoms with van der Waals surface area (Å²) in [5.74, 6) is 0. The fraction of sp³-hybridized carbons (Fsp3) is 0. The molecule has 0 aliphatic carbocycles. The lowest BCUT2D eigenvalue weighted by molar-refractivity contribution is 1.16. The monoisotopic (exact) mass is 831 g/mol. The summed E-state index contributed by atoms with van der Waals surface area (Å²) in [6, 6.07) is 92.4. The van der Waals surface area contributed by atoms with E-state index in [1.807, 2.05) is 0 Å². The van der Waals surface area contributed by atoms with Gasteiger partial charge in [0, 0.05) is 43.7 Å². The summed E-state index contributed by atoms with van der Waals surface area (Å²) in [6.07, 6.45) is 0. The number of rotatable bonds is 7. The average molecular weight is 832 g/mol. The van der Waals surface area contributed by atoms with Gasteiger partial charge in [-0.05, 0) is 87.5 Å². The largest absolute Gasteiger partial charge is 0.309 e. The SMILES string of the molecule is c1ccc(-n2c3ccccc3c3c(-n4c5ccc(-n6c7ccccc7c7ccccc76)cc5c5ccc([Si](c6ccccc6)(c6ccccc6)c6ccccc6)cc54)cccc32)cc1. The smallest absolute Gasteiger partial charge is 0.179 e. The third-order valence-corrected chi connectivity index (χ3v) is 18.3. The van der Waals surface area contributed by atoms with Crippen LogP contribution in [0.1, 0.15) is 0 Å². The summed E-state index contributed by atoms with van der Waals surface area (Å²) >= 11 is 0. The molecule has 0 N–H and O–H groups in total. The van der Waals surface area contributed by atoms with Crippen molar-refractivity contribution in [3.63, 3.8) is 0 Å². The van der Waals surface area contributed by atoms with Crippen LogP contribution in [0.4, 0.5) is 0 Å². The van der Waals surface area contributed by atoms with Crippen LogP contribution in [0.25, 0.3) is 82.5 Å². The van der Waals surface area contributed by atoms with Gasteiger partial charge in [0.15, 0.2) is 8.07 Å². The minimum absolute atomic E-state index is 1.15. The number of aromatic nitrogens is 3. The zero-order valence-electron chi connectivity index (χ0n) is 35.0. The Morgan fingerprint density at radius 1 is 0.234 bits per heavy atom. The second kappa shape index (κ2) is 14.5. The molecule has 0 saturated heterocycles. The summed E-state index contributed by atoms with van der Waals surface area (Å²) in [6.45, 7) is 0. The third kappa shape index (κ3) is 5.27. The van der Waals surface area contributed by atoms with Crippen LogP contribution in [-0.4, -0.2) is 21.8 Å². The maximum Gasteiger partial charge on any atom is 0.179 e. The Morgan fingerprint density at radius 3 is 1.28 bits per heavy atom. The molecule has 3 aromatic heterocycles. The molecule has 0 aliphatic heterocycles. The molecule has 64 heavy (non-hydrogen) atoms. The second-order valence-electron chi connectivity index (χ2n) is 16.8. The van der Waals surface area contributed by atoms with E-state index in [0.717, 1.165) is 17.1 Å². The minimum Gasteiger partial charge on any atom is -0.309 e. The molecule has 3 nitrogen and oxygen atoms in total. The van der Waals surface area contributed by atoms with Crippen LogP contribution >= 0.6 is 0 Å². The van der Waals surface area contributed by atoms with E-state index in [2.05, 4.69) is 262 Å². The highest BCUT2D eigenvalue weighted by Crippen LogP contribution is 2.41. The summed E-state index contributed by atoms with van der Waals surface area (Å²) in [5, 5.41) is 12.8. The number of benzene rings is 10. The fourth-order valence-corrected chi connectivity index (χ4v) is 15.7. The van der Waals surface area contributed by atoms with Crippen LogP contribution < -0.4 is 20.7 Å². The molecule has 10 aromatic carbocycles. The van der Waals surface area contributed by atoms with Crippen LogP contribution in [0.2, 0.25) is 0 Å². The lowest BCUT2D eigenvalue weighted by atomic mass is 10.1. The van der Waals surface area contributed by atoms with E-state index in [1.54, 1.807) is 0 Å². The van der Waals surface area contributed by atoms with Gasteiger partial charge in [-0.15, -0.1) is 0 Å². The topological polar surface area (TPSA) is 14.8 Å². The van der Waals surface area contributed by atoms with Crippen LogP contribution in [0, 0.1) is 0 Å². The van der Waals surface area contributed by atoms with Crippen molar-refractivity contribution < 1.29 is 0 Å². The minimum atomic E-state index is -2.86. The molecule has 0 unspecified atom stereocenters. The van der Waals surface area contributed by atoms with Crippen molar-refractivity contribution >= 4 is 94.2 Å². The quantitative estimate of drug-likeness (QED) is 0.112. The lowest BCUT2D eigenvalue weighted by Crippen LogP contribution is -2.74. The molecule has 0 aliphatic rings. The lowest BCUT2D eigenvalue weighted by Gasteiger charge is -2.34. The Bertz CT molecular complexity index is 3730. The highest BCUT2D eigenvalue weighted by Gasteiger charge is 2.41. The third-order valence-electron chi connectivity index (χ3n) is 13.6. The van der Waals surface area contributed by atoms with Gasteiger partial charge < -0.3 is 13.7 Å². The Hall–Kier alpha value is -8.18. The maximum atomic E-state index is 2.56. The maximum absolute atomic E-state index is 2.86. The highest BCUT2D eigenvalue weighted by atomic mass is 28.3. The molecule has 3 heterocycles. The van der Waals surface area contributed by atoms with Crippen molar-refractivity contribution in [1.29, 1.82) is 0 Å². The molecule has 300 valence electrons. The fourth-order valence-electron chi connectivity index (χ4n) is 10.9. The summed E-state index contributed by atoms with van der Waals surface area (Å²) in [5.41, 5.74) is 10.6. The number of nitrogens with zero attached hydrogens (tertiary/aromatic N) is 3. The Balaban J connectivity index is 1.17. The number of hydrogen-bond donors (Lipinski definition) is 0. The zero-order valence-corrected chi connectivity index (χ0v) is 36.0. The Morgan fingerprint density at radius 2 is 0.688 bits per heavy atom. The van der Waals surface area contributed by atoms with Gasteiger partial charge in [-0.25, -0.2) is 0 Å². The van der Waals surface area contributed by atoms with Crippen LogP contribution in [-0.2, 0) is 0 Å². The summed E-state index contributed by atoms with van der Waals surface area (Å²) in [7, 11) is -2.86. The molecule has 0 spiro atoms. The van der Waals surface area contributed by atoms with Crippen molar-refractivity contribution in [2.75, 3.05) is 0 Å². The number of fused-ring (bicyclic) bond motifs is 9. The predicted octanol–water partition coefficient (Wildman–Crippen LogP) is 12.4. The van der Waals surface area contributed by atoms with E-state index in [9.17, 15) is 0 Å². The van der Waals surface area contributed by atoms with Crippen LogP contribution in [0.5, 0.6) is 0 Å². The normalized spacial score (nSPS) is 12.1. The van der Waals surface area contributed by atoms with Crippen LogP contribution in [0.3, 0.4) is 0 Å². The van der Waals surface area contributed by atoms with Gasteiger partial charge >= 0.3 is 0 Å². The first-order chi connectivity index (χ1) is 31.8. The van der Waals surface area contributed by atoms with Crippen LogP contribution in [0.15, 0.2) is 249 Å². The molecule has 13 rings (SSSR count). The summed E-state index contributed by atoms with van der Waals surface area (Å²) < 4.78 is 7.42. The van der Waals surface area contributed by atoms with Crippen molar-refractivity contribution in [3.05, 3.63) is 249 Å². The summed E-state index contributed by atoms with van der Waals surface area (Å²) in [4.78, 5) is 0. The van der Waals surface area contributed by atoms with Crippen molar-refractivity contribution in [3.8, 4) is 17.1 Å². The highest BCUT2D eigenvalue weighted by molar-refractivity contribution is 7.20. The van der Waals surface area contributed by atoms with E-state index in [0.29, 0.717) is 0 Å². The zero-order chi connectivity index (χ0) is 42.2. The van der Waals surface area contributed by atoms with E-state index < -0.39 is 8.07 Å². The van der Waals surface area contributed by atoms with Gasteiger partial charge in [0.05, 0.1) is 38.8 Å². The van der Waals surface area contributed by atoms with Gasteiger partial charge in [0.1, 0.15) is 0 Å². The number of hydrogen-bond acceptors (Lipinski definition) is 0. The van der Waals surface area contributed by atoms with Gasteiger partial charge in [0.2, 0.25) is 0 Å². The first-order valence-corrected chi connectivity index (χ1v) is 24.1. The molecule has 0 amide bonds. The Kier molecular flexibility index (Phi) is 8.23. The van der Waals surface area contributed by atoms with Crippen molar-refractivity contribution in [2.45, 2.75) is 0 Å². The van der Waals surface area contributed by atoms with E-state index >= 15 is 0 Å². The molecular formula is C60H41N3Si. The number of para-hydroxylation sites is 4. The van der Waals surface area contributed by atoms with Gasteiger partial charge in [-0.1, -0.05) is 182 Å². The van der Waals surface area contributed by atoms with Gasteiger partial charge in [0.25, 0.3) is 0 Å². The molecule has 0 radical (unpaired) electrons. The van der Waals surface area contributed by atoms with Gasteiger partial charge in [-0.3, -0.25) is 0 Å². The van der Waals surface area contributed by atoms with Crippen molar-refractivity contribution in [2.24, 2.45) is 0 Å². The molecule has 13 aromatic rings. The molecular weight excluding hydrogens is 791 g/mol. The Labute approximate surface area is 372 Å². The van der Waals surface area contributed by atoms with E-state index in [-0.39, 0.29) is 0 Å². The average Bonchev–Trinajstić information content (AvgIpc) is 4.01. The first-order valence-electron chi connectivity index (χ1n) is 22.1. The molecule has 0 saturated carbocycles.